The van der Waals surface area contributed by atoms with Crippen molar-refractivity contribution in [3.05, 3.63) is 51.0 Å². The first-order valence-electron chi connectivity index (χ1n) is 8.89. The number of fused-ring (bicyclic) bond motifs is 1. The van der Waals surface area contributed by atoms with Crippen molar-refractivity contribution in [2.45, 2.75) is 45.1 Å². The van der Waals surface area contributed by atoms with Gasteiger partial charge in [-0.2, -0.15) is 0 Å². The summed E-state index contributed by atoms with van der Waals surface area (Å²) in [5.74, 6) is -0.864. The first kappa shape index (κ1) is 18.4. The Bertz CT molecular complexity index is 765. The second-order valence-corrected chi connectivity index (χ2v) is 7.60. The lowest BCUT2D eigenvalue weighted by atomic mass is 10.0. The summed E-state index contributed by atoms with van der Waals surface area (Å²) in [6, 6.07) is 7.01. The first-order chi connectivity index (χ1) is 12.6. The summed E-state index contributed by atoms with van der Waals surface area (Å²) in [4.78, 5) is 28.8. The molecule has 1 aromatic heterocycles. The Labute approximate surface area is 156 Å². The van der Waals surface area contributed by atoms with Crippen LogP contribution in [0.25, 0.3) is 0 Å². The number of carboxylic acid groups (broad SMARTS) is 1. The van der Waals surface area contributed by atoms with Gasteiger partial charge in [0, 0.05) is 24.4 Å². The molecule has 1 aliphatic carbocycles. The summed E-state index contributed by atoms with van der Waals surface area (Å²) in [7, 11) is 0. The minimum Gasteiger partial charge on any atom is -0.481 e. The fraction of sp³-hybridized carbons (Fsp3) is 0.421. The number of aryl methyl sites for hydroxylation is 2. The van der Waals surface area contributed by atoms with Crippen LogP contribution in [0.3, 0.4) is 0 Å². The number of carboxylic acids is 1. The van der Waals surface area contributed by atoms with Crippen LogP contribution in [0.5, 0.6) is 0 Å². The molecule has 0 spiro atoms. The van der Waals surface area contributed by atoms with Gasteiger partial charge in [-0.25, -0.2) is 9.78 Å². The number of hydrogen-bond acceptors (Lipinski definition) is 4. The van der Waals surface area contributed by atoms with Gasteiger partial charge in [-0.3, -0.25) is 4.79 Å². The molecule has 0 saturated heterocycles. The van der Waals surface area contributed by atoms with Crippen molar-refractivity contribution >= 4 is 23.3 Å². The zero-order valence-corrected chi connectivity index (χ0v) is 15.4. The van der Waals surface area contributed by atoms with E-state index in [2.05, 4.69) is 15.6 Å². The maximum absolute atomic E-state index is 11.9. The van der Waals surface area contributed by atoms with E-state index in [1.54, 1.807) is 29.5 Å². The van der Waals surface area contributed by atoms with Crippen molar-refractivity contribution in [2.24, 2.45) is 0 Å². The molecule has 0 aliphatic heterocycles. The van der Waals surface area contributed by atoms with Crippen LogP contribution in [0.15, 0.2) is 24.3 Å². The standard InChI is InChI=1S/C19H23N3O3S/c23-18(24)11-13-4-3-5-14(10-13)12-21-19(25)20-9-8-17-22-15-6-1-2-7-16(15)26-17/h3-5,10H,1-2,6-9,11-12H2,(H,23,24)(H2,20,21,25). The Morgan fingerprint density at radius 1 is 1.15 bits per heavy atom. The van der Waals surface area contributed by atoms with E-state index < -0.39 is 5.97 Å². The van der Waals surface area contributed by atoms with E-state index in [4.69, 9.17) is 5.11 Å². The molecule has 0 atom stereocenters. The number of aromatic nitrogens is 1. The van der Waals surface area contributed by atoms with Crippen molar-refractivity contribution < 1.29 is 14.7 Å². The van der Waals surface area contributed by atoms with Crippen molar-refractivity contribution in [2.75, 3.05) is 6.54 Å². The van der Waals surface area contributed by atoms with Crippen molar-refractivity contribution in [3.8, 4) is 0 Å². The van der Waals surface area contributed by atoms with E-state index in [-0.39, 0.29) is 12.5 Å². The van der Waals surface area contributed by atoms with E-state index in [9.17, 15) is 9.59 Å². The van der Waals surface area contributed by atoms with E-state index in [0.717, 1.165) is 35.4 Å². The lowest BCUT2D eigenvalue weighted by molar-refractivity contribution is -0.136. The van der Waals surface area contributed by atoms with Gasteiger partial charge in [0.1, 0.15) is 0 Å². The van der Waals surface area contributed by atoms with Crippen LogP contribution in [0.4, 0.5) is 4.79 Å². The van der Waals surface area contributed by atoms with Crippen LogP contribution in [0.2, 0.25) is 0 Å². The zero-order chi connectivity index (χ0) is 18.4. The van der Waals surface area contributed by atoms with E-state index in [1.165, 1.54) is 23.4 Å². The Morgan fingerprint density at radius 2 is 1.96 bits per heavy atom. The fourth-order valence-electron chi connectivity index (χ4n) is 3.06. The molecule has 3 rings (SSSR count). The molecule has 0 saturated carbocycles. The average Bonchev–Trinajstić information content (AvgIpc) is 3.02. The van der Waals surface area contributed by atoms with Gasteiger partial charge >= 0.3 is 12.0 Å². The maximum atomic E-state index is 11.9. The largest absolute Gasteiger partial charge is 0.481 e. The molecule has 0 unspecified atom stereocenters. The van der Waals surface area contributed by atoms with Gasteiger partial charge in [0.25, 0.3) is 0 Å². The van der Waals surface area contributed by atoms with E-state index in [0.29, 0.717) is 13.1 Å². The molecule has 3 N–H and O–H groups in total. The van der Waals surface area contributed by atoms with E-state index >= 15 is 0 Å². The molecule has 7 heteroatoms. The lowest BCUT2D eigenvalue weighted by Gasteiger charge is -2.08. The third kappa shape index (κ3) is 5.29. The Kier molecular flexibility index (Phi) is 6.22. The highest BCUT2D eigenvalue weighted by atomic mass is 32.1. The van der Waals surface area contributed by atoms with Crippen molar-refractivity contribution in [1.82, 2.24) is 15.6 Å². The summed E-state index contributed by atoms with van der Waals surface area (Å²) in [6.07, 6.45) is 5.44. The molecule has 26 heavy (non-hydrogen) atoms. The molecule has 138 valence electrons. The summed E-state index contributed by atoms with van der Waals surface area (Å²) in [5.41, 5.74) is 2.86. The third-order valence-electron chi connectivity index (χ3n) is 4.31. The molecule has 0 bridgehead atoms. The number of amides is 2. The number of rotatable bonds is 7. The van der Waals surface area contributed by atoms with Gasteiger partial charge in [0.2, 0.25) is 0 Å². The van der Waals surface area contributed by atoms with Crippen LogP contribution in [0.1, 0.15) is 39.5 Å². The second-order valence-electron chi connectivity index (χ2n) is 6.43. The highest BCUT2D eigenvalue weighted by Gasteiger charge is 2.14. The summed E-state index contributed by atoms with van der Waals surface area (Å²) >= 11 is 1.77. The molecule has 1 aliphatic rings. The lowest BCUT2D eigenvalue weighted by Crippen LogP contribution is -2.36. The van der Waals surface area contributed by atoms with Gasteiger partial charge in [0.05, 0.1) is 17.1 Å². The van der Waals surface area contributed by atoms with Gasteiger partial charge in [-0.05, 0) is 36.8 Å². The second kappa shape index (κ2) is 8.80. The number of hydrogen-bond donors (Lipinski definition) is 3. The number of aliphatic carboxylic acids is 1. The van der Waals surface area contributed by atoms with Crippen LogP contribution >= 0.6 is 11.3 Å². The number of nitrogens with one attached hydrogen (secondary N) is 2. The van der Waals surface area contributed by atoms with Gasteiger partial charge in [0.15, 0.2) is 0 Å². The summed E-state index contributed by atoms with van der Waals surface area (Å²) in [6.45, 7) is 0.919. The molecule has 1 aromatic carbocycles. The Balaban J connectivity index is 1.40. The molecule has 6 nitrogen and oxygen atoms in total. The van der Waals surface area contributed by atoms with Crippen LogP contribution in [-0.2, 0) is 37.0 Å². The van der Waals surface area contributed by atoms with Gasteiger partial charge in [-0.15, -0.1) is 11.3 Å². The highest BCUT2D eigenvalue weighted by Crippen LogP contribution is 2.26. The van der Waals surface area contributed by atoms with Crippen LogP contribution in [-0.4, -0.2) is 28.6 Å². The topological polar surface area (TPSA) is 91.3 Å². The van der Waals surface area contributed by atoms with Crippen molar-refractivity contribution in [3.63, 3.8) is 0 Å². The zero-order valence-electron chi connectivity index (χ0n) is 14.6. The number of nitrogens with zero attached hydrogens (tertiary/aromatic N) is 1. The van der Waals surface area contributed by atoms with E-state index in [1.807, 2.05) is 6.07 Å². The normalized spacial score (nSPS) is 13.1. The van der Waals surface area contributed by atoms with Crippen LogP contribution in [0, 0.1) is 0 Å². The summed E-state index contributed by atoms with van der Waals surface area (Å²) < 4.78 is 0. The fourth-order valence-corrected chi connectivity index (χ4v) is 4.22. The number of carbonyl (C=O) groups excluding carboxylic acids is 1. The number of carbonyl (C=O) groups is 2. The van der Waals surface area contributed by atoms with Crippen molar-refractivity contribution in [1.29, 1.82) is 0 Å². The number of thiazole rings is 1. The molecular formula is C19H23N3O3S. The van der Waals surface area contributed by atoms with Gasteiger partial charge in [-0.1, -0.05) is 24.3 Å². The quantitative estimate of drug-likeness (QED) is 0.696. The first-order valence-corrected chi connectivity index (χ1v) is 9.70. The Morgan fingerprint density at radius 3 is 2.77 bits per heavy atom. The monoisotopic (exact) mass is 373 g/mol. The predicted octanol–water partition coefficient (Wildman–Crippen LogP) is 2.69. The average molecular weight is 373 g/mol. The molecular weight excluding hydrogens is 350 g/mol. The Hall–Kier alpha value is -2.41. The van der Waals surface area contributed by atoms with Crippen LogP contribution < -0.4 is 10.6 Å². The molecule has 2 amide bonds. The maximum Gasteiger partial charge on any atom is 0.315 e. The number of urea groups is 1. The smallest absolute Gasteiger partial charge is 0.315 e. The molecule has 1 heterocycles. The SMILES string of the molecule is O=C(O)Cc1cccc(CNC(=O)NCCc2nc3c(s2)CCCC3)c1. The molecule has 0 fully saturated rings. The summed E-state index contributed by atoms with van der Waals surface area (Å²) in [5, 5.41) is 15.6. The van der Waals surface area contributed by atoms with Gasteiger partial charge < -0.3 is 15.7 Å². The molecule has 2 aromatic rings. The minimum atomic E-state index is -0.864. The molecule has 0 radical (unpaired) electrons. The number of benzene rings is 1. The highest BCUT2D eigenvalue weighted by molar-refractivity contribution is 7.11. The minimum absolute atomic E-state index is 0.0160. The third-order valence-corrected chi connectivity index (χ3v) is 5.53. The predicted molar refractivity (Wildman–Crippen MR) is 100 cm³/mol.